The first-order chi connectivity index (χ1) is 13.0. The molecule has 27 heavy (non-hydrogen) atoms. The standard InChI is InChI=1S/C18H23N7O2/c1-13-7-20-14(8-19-13)9-25-11-18(5-3-15(25)26)4-2-6-24(10-18)17(27)16-21-12-22-23-16/h7-8,12H,2-6,9-11H2,1H3,(H,21,22,23)/t18-/m0/s1. The van der Waals surface area contributed by atoms with E-state index in [-0.39, 0.29) is 23.1 Å². The topological polar surface area (TPSA) is 108 Å². The lowest BCUT2D eigenvalue weighted by Gasteiger charge is -2.48. The van der Waals surface area contributed by atoms with E-state index in [1.807, 2.05) is 16.7 Å². The third-order valence-electron chi connectivity index (χ3n) is 5.50. The maximum absolute atomic E-state index is 12.6. The largest absolute Gasteiger partial charge is 0.336 e. The molecule has 2 aromatic heterocycles. The molecule has 0 unspecified atom stereocenters. The number of aromatic nitrogens is 5. The van der Waals surface area contributed by atoms with Gasteiger partial charge in [-0.1, -0.05) is 0 Å². The van der Waals surface area contributed by atoms with Crippen LogP contribution in [0.4, 0.5) is 0 Å². The number of piperidine rings is 2. The van der Waals surface area contributed by atoms with Gasteiger partial charge >= 0.3 is 0 Å². The number of amides is 2. The summed E-state index contributed by atoms with van der Waals surface area (Å²) in [6.45, 7) is 4.33. The van der Waals surface area contributed by atoms with E-state index in [0.717, 1.165) is 30.7 Å². The smallest absolute Gasteiger partial charge is 0.291 e. The van der Waals surface area contributed by atoms with Crippen molar-refractivity contribution in [1.29, 1.82) is 0 Å². The lowest BCUT2D eigenvalue weighted by atomic mass is 9.73. The molecule has 0 saturated carbocycles. The van der Waals surface area contributed by atoms with E-state index >= 15 is 0 Å². The van der Waals surface area contributed by atoms with Crippen molar-refractivity contribution < 1.29 is 9.59 Å². The lowest BCUT2D eigenvalue weighted by Crippen LogP contribution is -2.55. The summed E-state index contributed by atoms with van der Waals surface area (Å²) < 4.78 is 0. The molecule has 9 heteroatoms. The van der Waals surface area contributed by atoms with Crippen molar-refractivity contribution in [3.05, 3.63) is 35.9 Å². The average molecular weight is 369 g/mol. The number of hydrogen-bond acceptors (Lipinski definition) is 6. The van der Waals surface area contributed by atoms with Crippen LogP contribution in [-0.2, 0) is 11.3 Å². The van der Waals surface area contributed by atoms with E-state index in [9.17, 15) is 9.59 Å². The summed E-state index contributed by atoms with van der Waals surface area (Å²) in [7, 11) is 0. The molecule has 4 rings (SSSR count). The first-order valence-electron chi connectivity index (χ1n) is 9.25. The number of rotatable bonds is 3. The molecule has 2 aliphatic heterocycles. The summed E-state index contributed by atoms with van der Waals surface area (Å²) in [5, 5.41) is 6.41. The highest BCUT2D eigenvalue weighted by molar-refractivity contribution is 5.90. The molecular formula is C18H23N7O2. The number of carbonyl (C=O) groups excluding carboxylic acids is 2. The molecule has 0 bridgehead atoms. The second-order valence-corrected chi connectivity index (χ2v) is 7.56. The summed E-state index contributed by atoms with van der Waals surface area (Å²) in [6.07, 6.45) is 8.04. The molecule has 1 spiro atoms. The van der Waals surface area contributed by atoms with E-state index in [1.165, 1.54) is 6.33 Å². The molecule has 1 atom stereocenters. The highest BCUT2D eigenvalue weighted by Gasteiger charge is 2.43. The SMILES string of the molecule is Cc1cnc(CN2C[C@@]3(CCCN(C(=O)c4ncn[nH]4)C3)CCC2=O)cn1. The van der Waals surface area contributed by atoms with Crippen LogP contribution in [0.25, 0.3) is 0 Å². The number of hydrogen-bond donors (Lipinski definition) is 1. The number of H-pyrrole nitrogens is 1. The highest BCUT2D eigenvalue weighted by Crippen LogP contribution is 2.39. The lowest BCUT2D eigenvalue weighted by molar-refractivity contribution is -0.139. The molecule has 0 aromatic carbocycles. The van der Waals surface area contributed by atoms with Crippen LogP contribution in [0.5, 0.6) is 0 Å². The van der Waals surface area contributed by atoms with E-state index in [4.69, 9.17) is 0 Å². The second-order valence-electron chi connectivity index (χ2n) is 7.56. The zero-order chi connectivity index (χ0) is 18.9. The van der Waals surface area contributed by atoms with Gasteiger partial charge in [-0.25, -0.2) is 4.98 Å². The van der Waals surface area contributed by atoms with Gasteiger partial charge in [-0.2, -0.15) is 5.10 Å². The van der Waals surface area contributed by atoms with Crippen molar-refractivity contribution in [3.8, 4) is 0 Å². The number of nitrogens with zero attached hydrogens (tertiary/aromatic N) is 6. The minimum absolute atomic E-state index is 0.0695. The Morgan fingerprint density at radius 2 is 2.11 bits per heavy atom. The van der Waals surface area contributed by atoms with Crippen LogP contribution in [0.1, 0.15) is 47.7 Å². The predicted molar refractivity (Wildman–Crippen MR) is 95.4 cm³/mol. The number of carbonyl (C=O) groups is 2. The number of aromatic amines is 1. The van der Waals surface area contributed by atoms with Crippen LogP contribution in [0.2, 0.25) is 0 Å². The zero-order valence-electron chi connectivity index (χ0n) is 15.4. The Balaban J connectivity index is 1.47. The molecule has 0 aliphatic carbocycles. The Kier molecular flexibility index (Phi) is 4.59. The van der Waals surface area contributed by atoms with Gasteiger partial charge in [-0.15, -0.1) is 0 Å². The minimum Gasteiger partial charge on any atom is -0.336 e. The van der Waals surface area contributed by atoms with E-state index in [0.29, 0.717) is 32.6 Å². The van der Waals surface area contributed by atoms with E-state index in [1.54, 1.807) is 12.4 Å². The monoisotopic (exact) mass is 369 g/mol. The van der Waals surface area contributed by atoms with Gasteiger partial charge in [0.1, 0.15) is 6.33 Å². The summed E-state index contributed by atoms with van der Waals surface area (Å²) in [6, 6.07) is 0. The predicted octanol–water partition coefficient (Wildman–Crippen LogP) is 0.948. The molecule has 4 heterocycles. The molecule has 0 radical (unpaired) electrons. The maximum atomic E-state index is 12.6. The third-order valence-corrected chi connectivity index (χ3v) is 5.50. The molecule has 2 saturated heterocycles. The van der Waals surface area contributed by atoms with Crippen molar-refractivity contribution in [2.75, 3.05) is 19.6 Å². The molecule has 9 nitrogen and oxygen atoms in total. The fraction of sp³-hybridized carbons (Fsp3) is 0.556. The van der Waals surface area contributed by atoms with Crippen molar-refractivity contribution in [3.63, 3.8) is 0 Å². The van der Waals surface area contributed by atoms with Crippen LogP contribution in [0.15, 0.2) is 18.7 Å². The Morgan fingerprint density at radius 1 is 1.22 bits per heavy atom. The Labute approximate surface area is 157 Å². The van der Waals surface area contributed by atoms with E-state index < -0.39 is 0 Å². The first-order valence-corrected chi connectivity index (χ1v) is 9.25. The average Bonchev–Trinajstić information content (AvgIpc) is 3.21. The van der Waals surface area contributed by atoms with Crippen LogP contribution in [0.3, 0.4) is 0 Å². The fourth-order valence-corrected chi connectivity index (χ4v) is 4.12. The molecule has 1 N–H and O–H groups in total. The zero-order valence-corrected chi connectivity index (χ0v) is 15.4. The maximum Gasteiger partial charge on any atom is 0.291 e. The first kappa shape index (κ1) is 17.6. The molecule has 2 fully saturated rings. The normalized spacial score (nSPS) is 23.1. The Morgan fingerprint density at radius 3 is 2.85 bits per heavy atom. The molecule has 142 valence electrons. The Bertz CT molecular complexity index is 821. The van der Waals surface area contributed by atoms with Gasteiger partial charge in [0.15, 0.2) is 0 Å². The molecule has 2 amide bonds. The highest BCUT2D eigenvalue weighted by atomic mass is 16.2. The number of likely N-dealkylation sites (tertiary alicyclic amines) is 2. The number of nitrogens with one attached hydrogen (secondary N) is 1. The van der Waals surface area contributed by atoms with Gasteiger partial charge in [0.25, 0.3) is 5.91 Å². The van der Waals surface area contributed by atoms with Gasteiger partial charge in [-0.05, 0) is 26.2 Å². The number of aryl methyl sites for hydroxylation is 1. The van der Waals surface area contributed by atoms with Gasteiger partial charge < -0.3 is 9.80 Å². The second kappa shape index (κ2) is 7.05. The van der Waals surface area contributed by atoms with Crippen molar-refractivity contribution >= 4 is 11.8 Å². The van der Waals surface area contributed by atoms with Crippen molar-refractivity contribution in [2.24, 2.45) is 5.41 Å². The van der Waals surface area contributed by atoms with Gasteiger partial charge in [0.05, 0.1) is 24.1 Å². The van der Waals surface area contributed by atoms with Crippen LogP contribution >= 0.6 is 0 Å². The van der Waals surface area contributed by atoms with Crippen LogP contribution in [-0.4, -0.2) is 66.4 Å². The molecular weight excluding hydrogens is 346 g/mol. The van der Waals surface area contributed by atoms with Gasteiger partial charge in [-0.3, -0.25) is 24.7 Å². The van der Waals surface area contributed by atoms with Gasteiger partial charge in [0.2, 0.25) is 11.7 Å². The Hall–Kier alpha value is -2.84. The minimum atomic E-state index is -0.126. The van der Waals surface area contributed by atoms with Crippen LogP contribution in [0, 0.1) is 12.3 Å². The molecule has 2 aliphatic rings. The van der Waals surface area contributed by atoms with Gasteiger partial charge in [0, 0.05) is 37.7 Å². The summed E-state index contributed by atoms with van der Waals surface area (Å²) >= 11 is 0. The quantitative estimate of drug-likeness (QED) is 0.863. The summed E-state index contributed by atoms with van der Waals surface area (Å²) in [5.74, 6) is 0.284. The summed E-state index contributed by atoms with van der Waals surface area (Å²) in [4.78, 5) is 41.4. The molecule has 2 aromatic rings. The van der Waals surface area contributed by atoms with Crippen molar-refractivity contribution in [1.82, 2.24) is 34.9 Å². The third kappa shape index (κ3) is 3.67. The van der Waals surface area contributed by atoms with Crippen molar-refractivity contribution in [2.45, 2.75) is 39.2 Å². The van der Waals surface area contributed by atoms with Crippen LogP contribution < -0.4 is 0 Å². The summed E-state index contributed by atoms with van der Waals surface area (Å²) in [5.41, 5.74) is 1.57. The van der Waals surface area contributed by atoms with E-state index in [2.05, 4.69) is 25.1 Å². The fourth-order valence-electron chi connectivity index (χ4n) is 4.12.